The fraction of sp³-hybridized carbons (Fsp3) is 0.462. The molecule has 0 fully saturated rings. The second-order valence-electron chi connectivity index (χ2n) is 9.13. The topological polar surface area (TPSA) is 105 Å². The minimum absolute atomic E-state index is 0.0218. The predicted octanol–water partition coefficient (Wildman–Crippen LogP) is 4.36. The largest absolute Gasteiger partial charge is 0.493 e. The van der Waals surface area contributed by atoms with Crippen LogP contribution in [0.3, 0.4) is 0 Å². The molecule has 0 aliphatic carbocycles. The van der Waals surface area contributed by atoms with Crippen molar-refractivity contribution in [1.29, 1.82) is 0 Å². The van der Waals surface area contributed by atoms with E-state index in [2.05, 4.69) is 5.32 Å². The monoisotopic (exact) mass is 587 g/mol. The molecule has 0 aliphatic rings. The second-order valence-corrected chi connectivity index (χ2v) is 11.9. The van der Waals surface area contributed by atoms with Crippen LogP contribution >= 0.6 is 23.2 Å². The first kappa shape index (κ1) is 31.5. The van der Waals surface area contributed by atoms with Gasteiger partial charge in [-0.2, -0.15) is 0 Å². The van der Waals surface area contributed by atoms with Gasteiger partial charge in [0.15, 0.2) is 11.5 Å². The molecule has 2 aromatic rings. The summed E-state index contributed by atoms with van der Waals surface area (Å²) in [5, 5.41) is 3.62. The Hall–Kier alpha value is -2.69. The van der Waals surface area contributed by atoms with Crippen molar-refractivity contribution in [2.24, 2.45) is 5.92 Å². The van der Waals surface area contributed by atoms with Crippen molar-refractivity contribution in [3.8, 4) is 11.5 Å². The molecule has 0 saturated heterocycles. The van der Waals surface area contributed by atoms with Gasteiger partial charge in [-0.15, -0.1) is 0 Å². The van der Waals surface area contributed by atoms with Crippen LogP contribution < -0.4 is 19.1 Å². The number of carbonyl (C=O) groups excluding carboxylic acids is 2. The van der Waals surface area contributed by atoms with E-state index in [1.165, 1.54) is 31.3 Å². The number of methoxy groups -OCH3 is 2. The molecule has 0 unspecified atom stereocenters. The van der Waals surface area contributed by atoms with Crippen molar-refractivity contribution < 1.29 is 27.5 Å². The van der Waals surface area contributed by atoms with Crippen LogP contribution in [0.25, 0.3) is 0 Å². The molecule has 0 bridgehead atoms. The van der Waals surface area contributed by atoms with Gasteiger partial charge >= 0.3 is 0 Å². The van der Waals surface area contributed by atoms with Gasteiger partial charge in [0.1, 0.15) is 12.6 Å². The second kappa shape index (κ2) is 13.9. The normalized spacial score (nSPS) is 12.1. The van der Waals surface area contributed by atoms with Gasteiger partial charge in [-0.1, -0.05) is 50.0 Å². The van der Waals surface area contributed by atoms with E-state index in [0.29, 0.717) is 40.1 Å². The Labute approximate surface area is 235 Å². The molecule has 0 aromatic heterocycles. The SMILES string of the molecule is CC[C@H](C(=O)NCC(C)C)N(Cc1ccc(Cl)cc1Cl)C(=O)CN(c1ccc(OC)c(OC)c1)S(C)(=O)=O. The summed E-state index contributed by atoms with van der Waals surface area (Å²) < 4.78 is 37.1. The van der Waals surface area contributed by atoms with Gasteiger partial charge in [-0.3, -0.25) is 13.9 Å². The van der Waals surface area contributed by atoms with Crippen LogP contribution in [0.5, 0.6) is 11.5 Å². The van der Waals surface area contributed by atoms with Crippen LogP contribution in [-0.4, -0.2) is 64.7 Å². The lowest BCUT2D eigenvalue weighted by Crippen LogP contribution is -2.52. The first-order valence-electron chi connectivity index (χ1n) is 12.0. The summed E-state index contributed by atoms with van der Waals surface area (Å²) in [5.74, 6) is -0.00479. The van der Waals surface area contributed by atoms with E-state index in [9.17, 15) is 18.0 Å². The van der Waals surface area contributed by atoms with Crippen molar-refractivity contribution in [2.75, 3.05) is 37.9 Å². The van der Waals surface area contributed by atoms with Crippen molar-refractivity contribution >= 4 is 50.7 Å². The van der Waals surface area contributed by atoms with E-state index in [1.54, 1.807) is 31.2 Å². The Morgan fingerprint density at radius 1 is 1.03 bits per heavy atom. The van der Waals surface area contributed by atoms with Gasteiger partial charge in [0.05, 0.1) is 26.2 Å². The highest BCUT2D eigenvalue weighted by molar-refractivity contribution is 7.92. The number of hydrogen-bond acceptors (Lipinski definition) is 6. The number of rotatable bonds is 13. The highest BCUT2D eigenvalue weighted by atomic mass is 35.5. The highest BCUT2D eigenvalue weighted by Gasteiger charge is 2.32. The van der Waals surface area contributed by atoms with E-state index in [-0.39, 0.29) is 24.1 Å². The van der Waals surface area contributed by atoms with Crippen molar-refractivity contribution in [3.63, 3.8) is 0 Å². The summed E-state index contributed by atoms with van der Waals surface area (Å²) in [7, 11) is -1.02. The Morgan fingerprint density at radius 2 is 1.68 bits per heavy atom. The minimum atomic E-state index is -3.91. The molecule has 0 spiro atoms. The fourth-order valence-corrected chi connectivity index (χ4v) is 5.08. The maximum atomic E-state index is 13.8. The van der Waals surface area contributed by atoms with Gasteiger partial charge in [0.25, 0.3) is 0 Å². The number of nitrogens with one attached hydrogen (secondary N) is 1. The highest BCUT2D eigenvalue weighted by Crippen LogP contribution is 2.32. The third-order valence-electron chi connectivity index (χ3n) is 5.76. The van der Waals surface area contributed by atoms with Crippen molar-refractivity contribution in [3.05, 3.63) is 52.0 Å². The van der Waals surface area contributed by atoms with Crippen LogP contribution in [-0.2, 0) is 26.2 Å². The Balaban J connectivity index is 2.50. The number of nitrogens with zero attached hydrogens (tertiary/aromatic N) is 2. The lowest BCUT2D eigenvalue weighted by atomic mass is 10.1. The zero-order chi connectivity index (χ0) is 28.6. The molecule has 0 radical (unpaired) electrons. The van der Waals surface area contributed by atoms with Crippen LogP contribution in [0.4, 0.5) is 5.69 Å². The van der Waals surface area contributed by atoms with Crippen LogP contribution in [0.1, 0.15) is 32.8 Å². The van der Waals surface area contributed by atoms with E-state index in [0.717, 1.165) is 10.6 Å². The third-order valence-corrected chi connectivity index (χ3v) is 7.49. The lowest BCUT2D eigenvalue weighted by molar-refractivity contribution is -0.140. The van der Waals surface area contributed by atoms with E-state index >= 15 is 0 Å². The molecule has 2 amide bonds. The fourth-order valence-electron chi connectivity index (χ4n) is 3.77. The Morgan fingerprint density at radius 3 is 2.21 bits per heavy atom. The zero-order valence-electron chi connectivity index (χ0n) is 22.5. The van der Waals surface area contributed by atoms with E-state index < -0.39 is 28.5 Å². The summed E-state index contributed by atoms with van der Waals surface area (Å²) in [6.07, 6.45) is 1.31. The Kier molecular flexibility index (Phi) is 11.5. The quantitative estimate of drug-likeness (QED) is 0.373. The van der Waals surface area contributed by atoms with Crippen LogP contribution in [0.15, 0.2) is 36.4 Å². The molecule has 38 heavy (non-hydrogen) atoms. The van der Waals surface area contributed by atoms with Gasteiger partial charge < -0.3 is 19.7 Å². The van der Waals surface area contributed by atoms with E-state index in [4.69, 9.17) is 32.7 Å². The smallest absolute Gasteiger partial charge is 0.244 e. The lowest BCUT2D eigenvalue weighted by Gasteiger charge is -2.33. The summed E-state index contributed by atoms with van der Waals surface area (Å²) in [5.41, 5.74) is 0.775. The molecular formula is C26H35Cl2N3O6S. The van der Waals surface area contributed by atoms with Gasteiger partial charge in [-0.05, 0) is 42.2 Å². The summed E-state index contributed by atoms with van der Waals surface area (Å²) in [6, 6.07) is 8.54. The minimum Gasteiger partial charge on any atom is -0.493 e. The molecule has 9 nitrogen and oxygen atoms in total. The number of anilines is 1. The van der Waals surface area contributed by atoms with Crippen molar-refractivity contribution in [1.82, 2.24) is 10.2 Å². The average molecular weight is 589 g/mol. The molecule has 0 saturated carbocycles. The Bertz CT molecular complexity index is 1240. The first-order valence-corrected chi connectivity index (χ1v) is 14.6. The molecule has 210 valence electrons. The van der Waals surface area contributed by atoms with Crippen LogP contribution in [0, 0.1) is 5.92 Å². The summed E-state index contributed by atoms with van der Waals surface area (Å²) in [6.45, 7) is 5.57. The molecule has 2 aromatic carbocycles. The third kappa shape index (κ3) is 8.41. The zero-order valence-corrected chi connectivity index (χ0v) is 24.8. The molecule has 12 heteroatoms. The maximum absolute atomic E-state index is 13.8. The van der Waals surface area contributed by atoms with Gasteiger partial charge in [0, 0.05) is 29.2 Å². The number of carbonyl (C=O) groups is 2. The predicted molar refractivity (Wildman–Crippen MR) is 151 cm³/mol. The number of sulfonamides is 1. The molecule has 1 atom stereocenters. The van der Waals surface area contributed by atoms with Crippen LogP contribution in [0.2, 0.25) is 10.0 Å². The number of halogens is 2. The number of hydrogen-bond donors (Lipinski definition) is 1. The number of benzene rings is 2. The number of ether oxygens (including phenoxy) is 2. The standard InChI is InChI=1S/C26H35Cl2N3O6S/c1-7-22(26(33)29-14-17(2)3)30(15-18-8-9-19(27)12-21(18)28)25(32)16-31(38(6,34)35)20-10-11-23(36-4)24(13-20)37-5/h8-13,17,22H,7,14-16H2,1-6H3,(H,29,33)/t22-/m1/s1. The van der Waals surface area contributed by atoms with Gasteiger partial charge in [-0.25, -0.2) is 8.42 Å². The summed E-state index contributed by atoms with van der Waals surface area (Å²) >= 11 is 12.4. The number of amides is 2. The molecule has 0 aliphatic heterocycles. The average Bonchev–Trinajstić information content (AvgIpc) is 2.85. The van der Waals surface area contributed by atoms with Crippen molar-refractivity contribution in [2.45, 2.75) is 39.8 Å². The molecular weight excluding hydrogens is 553 g/mol. The molecule has 0 heterocycles. The first-order chi connectivity index (χ1) is 17.8. The molecule has 1 N–H and O–H groups in total. The summed E-state index contributed by atoms with van der Waals surface area (Å²) in [4.78, 5) is 28.3. The maximum Gasteiger partial charge on any atom is 0.244 e. The van der Waals surface area contributed by atoms with Gasteiger partial charge in [0.2, 0.25) is 21.8 Å². The van der Waals surface area contributed by atoms with E-state index in [1.807, 2.05) is 13.8 Å². The molecule has 2 rings (SSSR count).